The molecule has 1 aromatic carbocycles. The van der Waals surface area contributed by atoms with Crippen LogP contribution >= 0.6 is 0 Å². The van der Waals surface area contributed by atoms with E-state index >= 15 is 0 Å². The summed E-state index contributed by atoms with van der Waals surface area (Å²) in [6, 6.07) is 6.24. The van der Waals surface area contributed by atoms with Gasteiger partial charge >= 0.3 is 5.97 Å². The third kappa shape index (κ3) is 3.05. The van der Waals surface area contributed by atoms with Crippen LogP contribution in [0.4, 0.5) is 4.39 Å². The highest BCUT2D eigenvalue weighted by atomic mass is 19.1. The number of carbonyl (C=O) groups excluding carboxylic acids is 1. The topological polar surface area (TPSA) is 26.3 Å². The summed E-state index contributed by atoms with van der Waals surface area (Å²) >= 11 is 0. The number of ether oxygens (including phenoxy) is 1. The SMILES string of the molecule is CCOC(=O)C(C)(C)C(C)c1ccc(F)cc1. The van der Waals surface area contributed by atoms with E-state index < -0.39 is 5.41 Å². The average molecular weight is 238 g/mol. The number of hydrogen-bond acceptors (Lipinski definition) is 2. The summed E-state index contributed by atoms with van der Waals surface area (Å²) in [4.78, 5) is 11.9. The Morgan fingerprint density at radius 3 is 2.35 bits per heavy atom. The van der Waals surface area contributed by atoms with Gasteiger partial charge < -0.3 is 4.74 Å². The van der Waals surface area contributed by atoms with E-state index in [1.54, 1.807) is 19.1 Å². The molecule has 0 radical (unpaired) electrons. The van der Waals surface area contributed by atoms with E-state index in [2.05, 4.69) is 0 Å². The van der Waals surface area contributed by atoms with Crippen LogP contribution in [0.5, 0.6) is 0 Å². The predicted molar refractivity (Wildman–Crippen MR) is 65.2 cm³/mol. The Labute approximate surface area is 102 Å². The Bertz CT molecular complexity index is 382. The molecule has 0 aliphatic rings. The minimum Gasteiger partial charge on any atom is -0.466 e. The van der Waals surface area contributed by atoms with Crippen LogP contribution in [0, 0.1) is 11.2 Å². The molecule has 1 aromatic rings. The van der Waals surface area contributed by atoms with Gasteiger partial charge in [-0.25, -0.2) is 4.39 Å². The molecule has 0 saturated carbocycles. The van der Waals surface area contributed by atoms with Crippen molar-refractivity contribution in [3.05, 3.63) is 35.6 Å². The Morgan fingerprint density at radius 1 is 1.35 bits per heavy atom. The molecule has 1 rings (SSSR count). The van der Waals surface area contributed by atoms with Crippen molar-refractivity contribution in [3.8, 4) is 0 Å². The molecule has 1 unspecified atom stereocenters. The number of hydrogen-bond donors (Lipinski definition) is 0. The number of esters is 1. The van der Waals surface area contributed by atoms with Gasteiger partial charge in [-0.1, -0.05) is 19.1 Å². The fourth-order valence-corrected chi connectivity index (χ4v) is 1.66. The highest BCUT2D eigenvalue weighted by Gasteiger charge is 2.36. The third-order valence-corrected chi connectivity index (χ3v) is 3.25. The summed E-state index contributed by atoms with van der Waals surface area (Å²) in [5.74, 6) is -0.520. The lowest BCUT2D eigenvalue weighted by Crippen LogP contribution is -2.32. The molecular formula is C14H19FO2. The maximum Gasteiger partial charge on any atom is 0.312 e. The quantitative estimate of drug-likeness (QED) is 0.750. The zero-order chi connectivity index (χ0) is 13.1. The molecule has 0 bridgehead atoms. The Morgan fingerprint density at radius 2 is 1.88 bits per heavy atom. The molecule has 17 heavy (non-hydrogen) atoms. The van der Waals surface area contributed by atoms with Crippen LogP contribution in [0.15, 0.2) is 24.3 Å². The van der Waals surface area contributed by atoms with E-state index in [0.717, 1.165) is 5.56 Å². The molecular weight excluding hydrogens is 219 g/mol. The van der Waals surface area contributed by atoms with Gasteiger partial charge in [-0.3, -0.25) is 4.79 Å². The van der Waals surface area contributed by atoms with Gasteiger partial charge in [0.25, 0.3) is 0 Å². The molecule has 1 atom stereocenters. The molecule has 3 heteroatoms. The first-order valence-electron chi connectivity index (χ1n) is 5.82. The second-order valence-electron chi connectivity index (χ2n) is 4.72. The van der Waals surface area contributed by atoms with Crippen molar-refractivity contribution in [1.82, 2.24) is 0 Å². The Balaban J connectivity index is 2.91. The molecule has 0 spiro atoms. The maximum absolute atomic E-state index is 12.8. The largest absolute Gasteiger partial charge is 0.466 e. The zero-order valence-electron chi connectivity index (χ0n) is 10.8. The summed E-state index contributed by atoms with van der Waals surface area (Å²) in [5.41, 5.74) is 0.317. The predicted octanol–water partition coefficient (Wildman–Crippen LogP) is 3.52. The monoisotopic (exact) mass is 238 g/mol. The van der Waals surface area contributed by atoms with Crippen LogP contribution < -0.4 is 0 Å². The highest BCUT2D eigenvalue weighted by Crippen LogP contribution is 2.36. The van der Waals surface area contributed by atoms with E-state index in [1.165, 1.54) is 12.1 Å². The summed E-state index contributed by atoms with van der Waals surface area (Å²) < 4.78 is 17.9. The van der Waals surface area contributed by atoms with Gasteiger partial charge in [0.15, 0.2) is 0 Å². The number of rotatable bonds is 4. The van der Waals surface area contributed by atoms with Crippen molar-refractivity contribution in [3.63, 3.8) is 0 Å². The van der Waals surface area contributed by atoms with Gasteiger partial charge in [-0.15, -0.1) is 0 Å². The van der Waals surface area contributed by atoms with Crippen molar-refractivity contribution in [2.45, 2.75) is 33.6 Å². The smallest absolute Gasteiger partial charge is 0.312 e. The fourth-order valence-electron chi connectivity index (χ4n) is 1.66. The molecule has 0 heterocycles. The van der Waals surface area contributed by atoms with E-state index in [-0.39, 0.29) is 17.7 Å². The van der Waals surface area contributed by atoms with Gasteiger partial charge in [-0.05, 0) is 44.4 Å². The van der Waals surface area contributed by atoms with Crippen LogP contribution in [0.25, 0.3) is 0 Å². The average Bonchev–Trinajstić information content (AvgIpc) is 2.29. The first-order valence-corrected chi connectivity index (χ1v) is 5.82. The molecule has 0 fully saturated rings. The van der Waals surface area contributed by atoms with Crippen LogP contribution in [0.2, 0.25) is 0 Å². The highest BCUT2D eigenvalue weighted by molar-refractivity contribution is 5.77. The standard InChI is InChI=1S/C14H19FO2/c1-5-17-13(16)14(3,4)10(2)11-6-8-12(15)9-7-11/h6-10H,5H2,1-4H3. The normalized spacial score (nSPS) is 13.2. The summed E-state index contributed by atoms with van der Waals surface area (Å²) in [5, 5.41) is 0. The molecule has 0 amide bonds. The first kappa shape index (κ1) is 13.7. The van der Waals surface area contributed by atoms with Crippen LogP contribution in [-0.4, -0.2) is 12.6 Å². The van der Waals surface area contributed by atoms with E-state index in [1.807, 2.05) is 20.8 Å². The lowest BCUT2D eigenvalue weighted by molar-refractivity contribution is -0.154. The molecule has 0 saturated heterocycles. The van der Waals surface area contributed by atoms with Gasteiger partial charge in [0.1, 0.15) is 5.82 Å². The molecule has 94 valence electrons. The summed E-state index contributed by atoms with van der Waals surface area (Å²) in [7, 11) is 0. The lowest BCUT2D eigenvalue weighted by atomic mass is 9.76. The van der Waals surface area contributed by atoms with Gasteiger partial charge in [0.2, 0.25) is 0 Å². The fraction of sp³-hybridized carbons (Fsp3) is 0.500. The van der Waals surface area contributed by atoms with E-state index in [0.29, 0.717) is 6.61 Å². The summed E-state index contributed by atoms with van der Waals surface area (Å²) in [6.07, 6.45) is 0. The van der Waals surface area contributed by atoms with Gasteiger partial charge in [-0.2, -0.15) is 0 Å². The molecule has 0 N–H and O–H groups in total. The number of carbonyl (C=O) groups is 1. The first-order chi connectivity index (χ1) is 7.89. The van der Waals surface area contributed by atoms with Crippen molar-refractivity contribution in [1.29, 1.82) is 0 Å². The maximum atomic E-state index is 12.8. The zero-order valence-corrected chi connectivity index (χ0v) is 10.8. The Kier molecular flexibility index (Phi) is 4.27. The van der Waals surface area contributed by atoms with E-state index in [9.17, 15) is 9.18 Å². The molecule has 0 aromatic heterocycles. The van der Waals surface area contributed by atoms with E-state index in [4.69, 9.17) is 4.74 Å². The number of benzene rings is 1. The minimum absolute atomic E-state index is 0.0258. The minimum atomic E-state index is -0.617. The van der Waals surface area contributed by atoms with Crippen molar-refractivity contribution < 1.29 is 13.9 Å². The van der Waals surface area contributed by atoms with Crippen molar-refractivity contribution in [2.75, 3.05) is 6.61 Å². The van der Waals surface area contributed by atoms with Crippen molar-refractivity contribution in [2.24, 2.45) is 5.41 Å². The number of halogens is 1. The van der Waals surface area contributed by atoms with Crippen LogP contribution in [0.1, 0.15) is 39.2 Å². The molecule has 2 nitrogen and oxygen atoms in total. The van der Waals surface area contributed by atoms with Gasteiger partial charge in [0, 0.05) is 0 Å². The van der Waals surface area contributed by atoms with Crippen LogP contribution in [-0.2, 0) is 9.53 Å². The third-order valence-electron chi connectivity index (χ3n) is 3.25. The molecule has 0 aliphatic carbocycles. The Hall–Kier alpha value is -1.38. The van der Waals surface area contributed by atoms with Gasteiger partial charge in [0.05, 0.1) is 12.0 Å². The second kappa shape index (κ2) is 5.30. The summed E-state index contributed by atoms with van der Waals surface area (Å²) in [6.45, 7) is 7.80. The lowest BCUT2D eigenvalue weighted by Gasteiger charge is -2.29. The van der Waals surface area contributed by atoms with Crippen LogP contribution in [0.3, 0.4) is 0 Å². The second-order valence-corrected chi connectivity index (χ2v) is 4.72. The molecule has 0 aliphatic heterocycles. The van der Waals surface area contributed by atoms with Crippen molar-refractivity contribution >= 4 is 5.97 Å².